The lowest BCUT2D eigenvalue weighted by Crippen LogP contribution is -2.08. The fraction of sp³-hybridized carbons (Fsp3) is 0.500. The van der Waals surface area contributed by atoms with Crippen molar-refractivity contribution < 1.29 is 9.57 Å². The SMILES string of the molecule is C(=N\OC1CCOC1)/c1cscn1. The Kier molecular flexibility index (Phi) is 2.89. The normalized spacial score (nSPS) is 22.6. The zero-order valence-electron chi connectivity index (χ0n) is 7.05. The molecule has 0 N–H and O–H groups in total. The molecule has 1 aliphatic rings. The van der Waals surface area contributed by atoms with Crippen molar-refractivity contribution in [2.45, 2.75) is 12.5 Å². The molecule has 0 spiro atoms. The monoisotopic (exact) mass is 198 g/mol. The van der Waals surface area contributed by atoms with Gasteiger partial charge in [-0.1, -0.05) is 5.16 Å². The Morgan fingerprint density at radius 2 is 2.77 bits per heavy atom. The number of oxime groups is 1. The van der Waals surface area contributed by atoms with Crippen LogP contribution in [-0.4, -0.2) is 30.5 Å². The summed E-state index contributed by atoms with van der Waals surface area (Å²) in [7, 11) is 0. The highest BCUT2D eigenvalue weighted by atomic mass is 32.1. The van der Waals surface area contributed by atoms with Gasteiger partial charge in [-0.25, -0.2) is 4.98 Å². The van der Waals surface area contributed by atoms with Crippen LogP contribution >= 0.6 is 11.3 Å². The molecule has 0 aromatic carbocycles. The first-order valence-corrected chi connectivity index (χ1v) is 5.04. The summed E-state index contributed by atoms with van der Waals surface area (Å²) in [4.78, 5) is 9.22. The van der Waals surface area contributed by atoms with E-state index in [1.54, 1.807) is 11.7 Å². The van der Waals surface area contributed by atoms with Gasteiger partial charge in [0.1, 0.15) is 0 Å². The highest BCUT2D eigenvalue weighted by Crippen LogP contribution is 2.08. The zero-order valence-corrected chi connectivity index (χ0v) is 7.87. The van der Waals surface area contributed by atoms with Crippen LogP contribution in [0.5, 0.6) is 0 Å². The second-order valence-corrected chi connectivity index (χ2v) is 3.46. The lowest BCUT2D eigenvalue weighted by molar-refractivity contribution is 0.0484. The van der Waals surface area contributed by atoms with E-state index in [1.807, 2.05) is 5.38 Å². The van der Waals surface area contributed by atoms with Crippen molar-refractivity contribution in [2.24, 2.45) is 5.16 Å². The van der Waals surface area contributed by atoms with Gasteiger partial charge in [-0.3, -0.25) is 0 Å². The van der Waals surface area contributed by atoms with Gasteiger partial charge in [0.05, 0.1) is 30.6 Å². The molecule has 0 amide bonds. The standard InChI is InChI=1S/C8H10N2O2S/c1-2-11-4-8(1)12-10-3-7-5-13-6-9-7/h3,5-6,8H,1-2,4H2/b10-3+. The molecule has 2 rings (SSSR count). The molecule has 1 fully saturated rings. The molecule has 1 aromatic heterocycles. The van der Waals surface area contributed by atoms with Gasteiger partial charge in [-0.2, -0.15) is 0 Å². The summed E-state index contributed by atoms with van der Waals surface area (Å²) in [6.07, 6.45) is 2.67. The van der Waals surface area contributed by atoms with Crippen LogP contribution in [0.15, 0.2) is 16.0 Å². The molecule has 0 aliphatic carbocycles. The first-order valence-electron chi connectivity index (χ1n) is 4.10. The Balaban J connectivity index is 1.78. The Morgan fingerprint density at radius 3 is 3.46 bits per heavy atom. The number of hydrogen-bond acceptors (Lipinski definition) is 5. The van der Waals surface area contributed by atoms with Crippen LogP contribution in [-0.2, 0) is 9.57 Å². The van der Waals surface area contributed by atoms with Gasteiger partial charge in [0.2, 0.25) is 0 Å². The number of ether oxygens (including phenoxy) is 1. The van der Waals surface area contributed by atoms with Crippen LogP contribution < -0.4 is 0 Å². The molecule has 1 atom stereocenters. The molecule has 4 nitrogen and oxygen atoms in total. The third kappa shape index (κ3) is 2.50. The molecule has 1 saturated heterocycles. The Hall–Kier alpha value is -0.940. The molecule has 70 valence electrons. The quantitative estimate of drug-likeness (QED) is 0.543. The van der Waals surface area contributed by atoms with Gasteiger partial charge in [-0.15, -0.1) is 11.3 Å². The summed E-state index contributed by atoms with van der Waals surface area (Å²) in [5.74, 6) is 0. The maximum atomic E-state index is 5.19. The lowest BCUT2D eigenvalue weighted by Gasteiger charge is -2.02. The Bertz CT molecular complexity index is 268. The van der Waals surface area contributed by atoms with Crippen molar-refractivity contribution in [1.29, 1.82) is 0 Å². The van der Waals surface area contributed by atoms with Gasteiger partial charge in [0, 0.05) is 11.8 Å². The average Bonchev–Trinajstić information content (AvgIpc) is 2.75. The second kappa shape index (κ2) is 4.34. The number of aromatic nitrogens is 1. The number of hydrogen-bond donors (Lipinski definition) is 0. The summed E-state index contributed by atoms with van der Waals surface area (Å²) >= 11 is 1.54. The third-order valence-electron chi connectivity index (χ3n) is 1.73. The Morgan fingerprint density at radius 1 is 1.77 bits per heavy atom. The summed E-state index contributed by atoms with van der Waals surface area (Å²) in [6.45, 7) is 1.42. The van der Waals surface area contributed by atoms with E-state index in [9.17, 15) is 0 Å². The third-order valence-corrected chi connectivity index (χ3v) is 2.34. The molecule has 5 heteroatoms. The highest BCUT2D eigenvalue weighted by Gasteiger charge is 2.16. The minimum atomic E-state index is 0.120. The molecular formula is C8H10N2O2S. The van der Waals surface area contributed by atoms with Crippen LogP contribution in [0.2, 0.25) is 0 Å². The smallest absolute Gasteiger partial charge is 0.152 e. The van der Waals surface area contributed by atoms with E-state index in [4.69, 9.17) is 9.57 Å². The van der Waals surface area contributed by atoms with E-state index in [0.717, 1.165) is 18.7 Å². The molecule has 1 aromatic rings. The van der Waals surface area contributed by atoms with Crippen molar-refractivity contribution in [3.05, 3.63) is 16.6 Å². The first-order chi connectivity index (χ1) is 6.45. The molecule has 2 heterocycles. The molecule has 0 saturated carbocycles. The molecule has 0 radical (unpaired) electrons. The minimum Gasteiger partial charge on any atom is -0.390 e. The second-order valence-electron chi connectivity index (χ2n) is 2.74. The van der Waals surface area contributed by atoms with Crippen molar-refractivity contribution in [3.8, 4) is 0 Å². The number of nitrogens with zero attached hydrogens (tertiary/aromatic N) is 2. The van der Waals surface area contributed by atoms with E-state index >= 15 is 0 Å². The van der Waals surface area contributed by atoms with Crippen LogP contribution in [0.25, 0.3) is 0 Å². The van der Waals surface area contributed by atoms with Gasteiger partial charge < -0.3 is 9.57 Å². The van der Waals surface area contributed by atoms with Crippen molar-refractivity contribution in [3.63, 3.8) is 0 Å². The summed E-state index contributed by atoms with van der Waals surface area (Å²) in [5.41, 5.74) is 2.60. The number of thiazole rings is 1. The first kappa shape index (κ1) is 8.65. The minimum absolute atomic E-state index is 0.120. The van der Waals surface area contributed by atoms with Crippen molar-refractivity contribution in [2.75, 3.05) is 13.2 Å². The largest absolute Gasteiger partial charge is 0.390 e. The van der Waals surface area contributed by atoms with E-state index in [1.165, 1.54) is 11.3 Å². The van der Waals surface area contributed by atoms with Crippen LogP contribution in [0.1, 0.15) is 12.1 Å². The van der Waals surface area contributed by atoms with E-state index in [2.05, 4.69) is 10.1 Å². The van der Waals surface area contributed by atoms with Gasteiger partial charge in [0.15, 0.2) is 6.10 Å². The fourth-order valence-electron chi connectivity index (χ4n) is 1.05. The maximum absolute atomic E-state index is 5.19. The summed E-state index contributed by atoms with van der Waals surface area (Å²) in [6, 6.07) is 0. The van der Waals surface area contributed by atoms with E-state index in [0.29, 0.717) is 6.61 Å². The topological polar surface area (TPSA) is 43.7 Å². The summed E-state index contributed by atoms with van der Waals surface area (Å²) in [5, 5.41) is 5.75. The van der Waals surface area contributed by atoms with Crippen LogP contribution in [0, 0.1) is 0 Å². The van der Waals surface area contributed by atoms with Crippen molar-refractivity contribution >= 4 is 17.6 Å². The van der Waals surface area contributed by atoms with Crippen LogP contribution in [0.3, 0.4) is 0 Å². The molecular weight excluding hydrogens is 188 g/mol. The molecule has 13 heavy (non-hydrogen) atoms. The van der Waals surface area contributed by atoms with Gasteiger partial charge in [0.25, 0.3) is 0 Å². The average molecular weight is 198 g/mol. The molecule has 1 aliphatic heterocycles. The van der Waals surface area contributed by atoms with Crippen LogP contribution in [0.4, 0.5) is 0 Å². The van der Waals surface area contributed by atoms with E-state index in [-0.39, 0.29) is 6.10 Å². The lowest BCUT2D eigenvalue weighted by atomic mass is 10.3. The fourth-order valence-corrected chi connectivity index (χ4v) is 1.56. The maximum Gasteiger partial charge on any atom is 0.152 e. The van der Waals surface area contributed by atoms with Crippen molar-refractivity contribution in [1.82, 2.24) is 4.98 Å². The van der Waals surface area contributed by atoms with E-state index < -0.39 is 0 Å². The predicted octanol–water partition coefficient (Wildman–Crippen LogP) is 1.28. The molecule has 1 unspecified atom stereocenters. The number of rotatable bonds is 3. The molecule has 0 bridgehead atoms. The van der Waals surface area contributed by atoms with Gasteiger partial charge in [-0.05, 0) is 0 Å². The predicted molar refractivity (Wildman–Crippen MR) is 50.0 cm³/mol. The zero-order chi connectivity index (χ0) is 8.93. The Labute approximate surface area is 80.2 Å². The van der Waals surface area contributed by atoms with Gasteiger partial charge >= 0.3 is 0 Å². The summed E-state index contributed by atoms with van der Waals surface area (Å²) < 4.78 is 5.13. The highest BCUT2D eigenvalue weighted by molar-refractivity contribution is 7.07.